The molecule has 1 aromatic carbocycles. The van der Waals surface area contributed by atoms with Gasteiger partial charge in [0.1, 0.15) is 0 Å². The van der Waals surface area contributed by atoms with Crippen molar-refractivity contribution in [2.45, 2.75) is 26.7 Å². The molecule has 0 radical (unpaired) electrons. The molecule has 0 aromatic heterocycles. The molecule has 0 aliphatic rings. The summed E-state index contributed by atoms with van der Waals surface area (Å²) in [4.78, 5) is 0. The average molecular weight is 185 g/mol. The number of rotatable bonds is 3. The van der Waals surface area contributed by atoms with Gasteiger partial charge in [0.15, 0.2) is 0 Å². The van der Waals surface area contributed by atoms with Crippen molar-refractivity contribution in [1.29, 1.82) is 5.26 Å². The van der Waals surface area contributed by atoms with Gasteiger partial charge in [-0.05, 0) is 24.5 Å². The fourth-order valence-corrected chi connectivity index (χ4v) is 1.44. The van der Waals surface area contributed by atoms with Gasteiger partial charge in [-0.3, -0.25) is 0 Å². The Morgan fingerprint density at radius 3 is 2.43 bits per heavy atom. The van der Waals surface area contributed by atoms with Crippen LogP contribution in [0, 0.1) is 11.3 Å². The topological polar surface area (TPSA) is 23.8 Å². The monoisotopic (exact) mass is 185 g/mol. The van der Waals surface area contributed by atoms with Gasteiger partial charge in [0.2, 0.25) is 0 Å². The number of hydrogen-bond donors (Lipinski definition) is 0. The fourth-order valence-electron chi connectivity index (χ4n) is 1.44. The molecule has 0 atom stereocenters. The third-order valence-electron chi connectivity index (χ3n) is 2.21. The second-order valence-corrected chi connectivity index (χ2v) is 3.26. The van der Waals surface area contributed by atoms with Crippen molar-refractivity contribution in [2.24, 2.45) is 0 Å². The van der Waals surface area contributed by atoms with E-state index in [4.69, 9.17) is 5.26 Å². The molecule has 0 saturated carbocycles. The zero-order valence-electron chi connectivity index (χ0n) is 8.75. The second-order valence-electron chi connectivity index (χ2n) is 3.26. The number of benzene rings is 1. The first-order chi connectivity index (χ1) is 6.81. The van der Waals surface area contributed by atoms with Gasteiger partial charge in [0, 0.05) is 0 Å². The van der Waals surface area contributed by atoms with Crippen LogP contribution in [0.1, 0.15) is 31.4 Å². The van der Waals surface area contributed by atoms with Gasteiger partial charge >= 0.3 is 0 Å². The van der Waals surface area contributed by atoms with Crippen LogP contribution < -0.4 is 0 Å². The van der Waals surface area contributed by atoms with E-state index in [0.29, 0.717) is 0 Å². The Balaban J connectivity index is 2.89. The first-order valence-electron chi connectivity index (χ1n) is 4.97. The summed E-state index contributed by atoms with van der Waals surface area (Å²) in [5, 5.41) is 8.83. The highest BCUT2D eigenvalue weighted by atomic mass is 14.2. The standard InChI is InChI=1S/C13H15N/c1-3-5-11-6-8-13(9-7-11)12(4-2)10-14/h4,6-9H,3,5H2,1-2H3/b12-4+. The summed E-state index contributed by atoms with van der Waals surface area (Å²) < 4.78 is 0. The Labute approximate surface area is 85.7 Å². The zero-order chi connectivity index (χ0) is 10.4. The summed E-state index contributed by atoms with van der Waals surface area (Å²) in [5.74, 6) is 0. The van der Waals surface area contributed by atoms with E-state index in [2.05, 4.69) is 25.1 Å². The SMILES string of the molecule is C/C=C(\C#N)c1ccc(CCC)cc1. The highest BCUT2D eigenvalue weighted by molar-refractivity contribution is 5.76. The summed E-state index contributed by atoms with van der Waals surface area (Å²) in [6, 6.07) is 10.4. The molecule has 0 aliphatic heterocycles. The molecule has 0 unspecified atom stereocenters. The molecule has 0 spiro atoms. The number of nitriles is 1. The largest absolute Gasteiger partial charge is 0.192 e. The van der Waals surface area contributed by atoms with Gasteiger partial charge in [-0.2, -0.15) is 5.26 Å². The Morgan fingerprint density at radius 2 is 2.00 bits per heavy atom. The van der Waals surface area contributed by atoms with Crippen molar-refractivity contribution >= 4 is 5.57 Å². The van der Waals surface area contributed by atoms with Crippen LogP contribution in [-0.4, -0.2) is 0 Å². The molecule has 0 N–H and O–H groups in total. The molecule has 0 saturated heterocycles. The highest BCUT2D eigenvalue weighted by Crippen LogP contribution is 2.14. The van der Waals surface area contributed by atoms with E-state index in [0.717, 1.165) is 24.0 Å². The van der Waals surface area contributed by atoms with Crippen LogP contribution in [0.25, 0.3) is 5.57 Å². The van der Waals surface area contributed by atoms with Crippen molar-refractivity contribution in [3.63, 3.8) is 0 Å². The molecule has 1 rings (SSSR count). The quantitative estimate of drug-likeness (QED) is 0.660. The first kappa shape index (κ1) is 10.5. The molecule has 1 aromatic rings. The summed E-state index contributed by atoms with van der Waals surface area (Å²) in [7, 11) is 0. The smallest absolute Gasteiger partial charge is 0.0994 e. The van der Waals surface area contributed by atoms with Crippen LogP contribution in [0.4, 0.5) is 0 Å². The lowest BCUT2D eigenvalue weighted by molar-refractivity contribution is 0.922. The minimum Gasteiger partial charge on any atom is -0.192 e. The van der Waals surface area contributed by atoms with Crippen molar-refractivity contribution in [1.82, 2.24) is 0 Å². The van der Waals surface area contributed by atoms with Crippen molar-refractivity contribution in [2.75, 3.05) is 0 Å². The van der Waals surface area contributed by atoms with Crippen LogP contribution >= 0.6 is 0 Å². The molecule has 1 heteroatoms. The lowest BCUT2D eigenvalue weighted by atomic mass is 10.0. The van der Waals surface area contributed by atoms with Crippen LogP contribution in [0.5, 0.6) is 0 Å². The average Bonchev–Trinajstić information content (AvgIpc) is 2.23. The maximum absolute atomic E-state index is 8.83. The Bertz CT molecular complexity index is 352. The van der Waals surface area contributed by atoms with E-state index in [-0.39, 0.29) is 0 Å². The maximum Gasteiger partial charge on any atom is 0.0994 e. The molecule has 72 valence electrons. The van der Waals surface area contributed by atoms with E-state index >= 15 is 0 Å². The summed E-state index contributed by atoms with van der Waals surface area (Å²) in [5.41, 5.74) is 3.09. The van der Waals surface area contributed by atoms with Crippen LogP contribution in [0.2, 0.25) is 0 Å². The molecule has 0 amide bonds. The van der Waals surface area contributed by atoms with Gasteiger partial charge in [0.25, 0.3) is 0 Å². The number of aryl methyl sites for hydroxylation is 1. The predicted octanol–water partition coefficient (Wildman–Crippen LogP) is 3.57. The zero-order valence-corrected chi connectivity index (χ0v) is 8.75. The highest BCUT2D eigenvalue weighted by Gasteiger charge is 1.98. The van der Waals surface area contributed by atoms with E-state index < -0.39 is 0 Å². The molecule has 14 heavy (non-hydrogen) atoms. The van der Waals surface area contributed by atoms with Gasteiger partial charge < -0.3 is 0 Å². The van der Waals surface area contributed by atoms with Gasteiger partial charge in [-0.1, -0.05) is 43.7 Å². The molecule has 1 nitrogen and oxygen atoms in total. The second kappa shape index (κ2) is 5.24. The van der Waals surface area contributed by atoms with Crippen LogP contribution in [-0.2, 0) is 6.42 Å². The summed E-state index contributed by atoms with van der Waals surface area (Å²) in [6.07, 6.45) is 4.11. The van der Waals surface area contributed by atoms with E-state index in [1.165, 1.54) is 5.56 Å². The first-order valence-corrected chi connectivity index (χ1v) is 4.97. The van der Waals surface area contributed by atoms with E-state index in [1.54, 1.807) is 0 Å². The Hall–Kier alpha value is -1.55. The Morgan fingerprint density at radius 1 is 1.36 bits per heavy atom. The minimum atomic E-state index is 0.744. The van der Waals surface area contributed by atoms with Crippen LogP contribution in [0.15, 0.2) is 30.3 Å². The molecular formula is C13H15N. The lowest BCUT2D eigenvalue weighted by Crippen LogP contribution is -1.85. The molecular weight excluding hydrogens is 170 g/mol. The van der Waals surface area contributed by atoms with Crippen molar-refractivity contribution in [3.05, 3.63) is 41.5 Å². The number of hydrogen-bond acceptors (Lipinski definition) is 1. The molecule has 0 aliphatic carbocycles. The Kier molecular flexibility index (Phi) is 3.94. The van der Waals surface area contributed by atoms with Crippen molar-refractivity contribution < 1.29 is 0 Å². The number of allylic oxidation sites excluding steroid dienone is 2. The van der Waals surface area contributed by atoms with Crippen LogP contribution in [0.3, 0.4) is 0 Å². The predicted molar refractivity (Wildman–Crippen MR) is 59.7 cm³/mol. The molecule has 0 bridgehead atoms. The molecule has 0 fully saturated rings. The third-order valence-corrected chi connectivity index (χ3v) is 2.21. The maximum atomic E-state index is 8.83. The summed E-state index contributed by atoms with van der Waals surface area (Å²) >= 11 is 0. The fraction of sp³-hybridized carbons (Fsp3) is 0.308. The minimum absolute atomic E-state index is 0.744. The number of nitrogens with zero attached hydrogens (tertiary/aromatic N) is 1. The lowest BCUT2D eigenvalue weighted by Gasteiger charge is -2.01. The molecule has 0 heterocycles. The van der Waals surface area contributed by atoms with E-state index in [9.17, 15) is 0 Å². The summed E-state index contributed by atoms with van der Waals surface area (Å²) in [6.45, 7) is 4.05. The van der Waals surface area contributed by atoms with Crippen molar-refractivity contribution in [3.8, 4) is 6.07 Å². The van der Waals surface area contributed by atoms with Gasteiger partial charge in [-0.15, -0.1) is 0 Å². The third kappa shape index (κ3) is 2.47. The normalized spacial score (nSPS) is 11.1. The van der Waals surface area contributed by atoms with E-state index in [1.807, 2.05) is 25.1 Å². The van der Waals surface area contributed by atoms with Gasteiger partial charge in [-0.25, -0.2) is 0 Å². The van der Waals surface area contributed by atoms with Gasteiger partial charge in [0.05, 0.1) is 11.6 Å².